The number of carboxylic acids is 1. The molecular weight excluding hydrogens is 278 g/mol. The summed E-state index contributed by atoms with van der Waals surface area (Å²) in [5.41, 5.74) is -0.557. The van der Waals surface area contributed by atoms with E-state index in [4.69, 9.17) is 14.6 Å². The predicted molar refractivity (Wildman–Crippen MR) is 74.1 cm³/mol. The minimum Gasteiger partial charge on any atom is -0.480 e. The number of hydrogen-bond donors (Lipinski definition) is 3. The maximum absolute atomic E-state index is 11.3. The Morgan fingerprint density at radius 1 is 1.14 bits per heavy atom. The number of ether oxygens (including phenoxy) is 2. The molecule has 1 aromatic carbocycles. The molecule has 21 heavy (non-hydrogen) atoms. The van der Waals surface area contributed by atoms with Crippen LogP contribution < -0.4 is 10.1 Å². The Bertz CT molecular complexity index is 542. The summed E-state index contributed by atoms with van der Waals surface area (Å²) in [6.45, 7) is 5.12. The fourth-order valence-electron chi connectivity index (χ4n) is 1.24. The molecule has 0 saturated heterocycles. The molecule has 1 aromatic rings. The molecule has 0 aliphatic heterocycles. The van der Waals surface area contributed by atoms with Crippen LogP contribution in [0.1, 0.15) is 31.1 Å². The highest BCUT2D eigenvalue weighted by Gasteiger charge is 2.15. The number of hydrogen-bond acceptors (Lipinski definition) is 5. The lowest BCUT2D eigenvalue weighted by Gasteiger charge is -2.18. The van der Waals surface area contributed by atoms with Gasteiger partial charge in [0.1, 0.15) is 11.4 Å². The van der Waals surface area contributed by atoms with Crippen LogP contribution in [0.25, 0.3) is 0 Å². The second-order valence-corrected chi connectivity index (χ2v) is 5.06. The van der Waals surface area contributed by atoms with Gasteiger partial charge in [0.2, 0.25) is 0 Å². The Hall–Kier alpha value is -2.70. The van der Waals surface area contributed by atoms with E-state index in [-0.39, 0.29) is 11.3 Å². The van der Waals surface area contributed by atoms with Gasteiger partial charge in [0.25, 0.3) is 5.95 Å². The molecule has 0 aliphatic rings. The molecular formula is C14H17NO6. The van der Waals surface area contributed by atoms with Crippen LogP contribution in [0, 0.1) is 0 Å². The number of alkyl carbamates (subject to hydrolysis) is 1. The van der Waals surface area contributed by atoms with Crippen molar-refractivity contribution in [3.8, 4) is 5.75 Å². The van der Waals surface area contributed by atoms with Crippen LogP contribution in [-0.2, 0) is 4.74 Å². The van der Waals surface area contributed by atoms with Crippen LogP contribution in [0.15, 0.2) is 36.4 Å². The number of benzene rings is 1. The molecule has 1 rings (SSSR count). The van der Waals surface area contributed by atoms with Crippen molar-refractivity contribution >= 4 is 12.1 Å². The van der Waals surface area contributed by atoms with E-state index in [1.165, 1.54) is 24.3 Å². The number of carbonyl (C=O) groups is 2. The van der Waals surface area contributed by atoms with Crippen molar-refractivity contribution in [2.24, 2.45) is 0 Å². The second-order valence-electron chi connectivity index (χ2n) is 5.06. The molecule has 0 aromatic heterocycles. The quantitative estimate of drug-likeness (QED) is 0.737. The van der Waals surface area contributed by atoms with Crippen LogP contribution >= 0.6 is 0 Å². The second kappa shape index (κ2) is 6.65. The van der Waals surface area contributed by atoms with Crippen LogP contribution in [0.4, 0.5) is 4.79 Å². The maximum atomic E-state index is 11.3. The van der Waals surface area contributed by atoms with E-state index in [0.29, 0.717) is 0 Å². The summed E-state index contributed by atoms with van der Waals surface area (Å²) >= 11 is 0. The van der Waals surface area contributed by atoms with Gasteiger partial charge in [-0.2, -0.15) is 0 Å². The van der Waals surface area contributed by atoms with Gasteiger partial charge >= 0.3 is 12.1 Å². The molecule has 7 heteroatoms. The normalized spacial score (nSPS) is 11.7. The molecule has 114 valence electrons. The van der Waals surface area contributed by atoms with Crippen molar-refractivity contribution in [2.75, 3.05) is 0 Å². The first-order valence-corrected chi connectivity index (χ1v) is 6.07. The number of rotatable bonds is 4. The van der Waals surface area contributed by atoms with Gasteiger partial charge in [-0.1, -0.05) is 0 Å². The van der Waals surface area contributed by atoms with E-state index in [0.717, 1.165) is 6.20 Å². The molecule has 0 aliphatic carbocycles. The number of nitrogens with one attached hydrogen (secondary N) is 1. The summed E-state index contributed by atoms with van der Waals surface area (Å²) in [4.78, 5) is 22.0. The molecule has 0 saturated carbocycles. The zero-order valence-corrected chi connectivity index (χ0v) is 11.9. The van der Waals surface area contributed by atoms with Gasteiger partial charge in [0, 0.05) is 0 Å². The number of aromatic carboxylic acids is 1. The highest BCUT2D eigenvalue weighted by molar-refractivity contribution is 5.87. The Kier molecular flexibility index (Phi) is 5.18. The van der Waals surface area contributed by atoms with Crippen molar-refractivity contribution < 1.29 is 29.3 Å². The molecule has 1 amide bonds. The van der Waals surface area contributed by atoms with E-state index < -0.39 is 23.6 Å². The first-order valence-electron chi connectivity index (χ1n) is 6.07. The summed E-state index contributed by atoms with van der Waals surface area (Å²) in [5.74, 6) is -1.41. The van der Waals surface area contributed by atoms with Gasteiger partial charge in [-0.25, -0.2) is 9.59 Å². The lowest BCUT2D eigenvalue weighted by atomic mass is 10.2. The predicted octanol–water partition coefficient (Wildman–Crippen LogP) is 2.65. The van der Waals surface area contributed by atoms with Crippen molar-refractivity contribution in [3.63, 3.8) is 0 Å². The number of carbonyl (C=O) groups excluding carboxylic acids is 1. The van der Waals surface area contributed by atoms with E-state index in [1.54, 1.807) is 20.8 Å². The Morgan fingerprint density at radius 2 is 1.71 bits per heavy atom. The molecule has 7 nitrogen and oxygen atoms in total. The summed E-state index contributed by atoms with van der Waals surface area (Å²) in [6, 6.07) is 5.40. The van der Waals surface area contributed by atoms with E-state index in [1.807, 2.05) is 0 Å². The molecule has 0 fully saturated rings. The van der Waals surface area contributed by atoms with Gasteiger partial charge in [0.05, 0.1) is 11.8 Å². The third kappa shape index (κ3) is 6.33. The van der Waals surface area contributed by atoms with Gasteiger partial charge < -0.3 is 19.7 Å². The van der Waals surface area contributed by atoms with E-state index in [9.17, 15) is 14.7 Å². The van der Waals surface area contributed by atoms with Crippen molar-refractivity contribution in [1.82, 2.24) is 5.32 Å². The van der Waals surface area contributed by atoms with Gasteiger partial charge in [-0.05, 0) is 45.0 Å². The molecule has 3 N–H and O–H groups in total. The van der Waals surface area contributed by atoms with Crippen molar-refractivity contribution in [3.05, 3.63) is 42.0 Å². The first-order chi connectivity index (χ1) is 9.67. The third-order valence-electron chi connectivity index (χ3n) is 2.04. The lowest BCUT2D eigenvalue weighted by molar-refractivity contribution is 0.0544. The van der Waals surface area contributed by atoms with Crippen LogP contribution in [0.5, 0.6) is 5.75 Å². The van der Waals surface area contributed by atoms with Crippen LogP contribution in [-0.4, -0.2) is 27.9 Å². The fourth-order valence-corrected chi connectivity index (χ4v) is 1.24. The summed E-state index contributed by atoms with van der Waals surface area (Å²) in [5, 5.41) is 20.4. The zero-order valence-electron chi connectivity index (χ0n) is 11.9. The molecule has 0 unspecified atom stereocenters. The number of amides is 1. The number of aliphatic hydroxyl groups is 1. The third-order valence-corrected chi connectivity index (χ3v) is 2.04. The minimum absolute atomic E-state index is 0.0951. The van der Waals surface area contributed by atoms with Crippen molar-refractivity contribution in [2.45, 2.75) is 26.4 Å². The summed E-state index contributed by atoms with van der Waals surface area (Å²) in [7, 11) is 0. The Morgan fingerprint density at radius 3 is 2.19 bits per heavy atom. The first kappa shape index (κ1) is 16.4. The smallest absolute Gasteiger partial charge is 0.411 e. The van der Waals surface area contributed by atoms with Crippen LogP contribution in [0.2, 0.25) is 0 Å². The van der Waals surface area contributed by atoms with Gasteiger partial charge in [-0.3, -0.25) is 5.32 Å². The SMILES string of the molecule is CC(C)(C)OC(=O)NC=C(O)Oc1ccc(C(=O)O)cc1. The molecule has 0 spiro atoms. The average Bonchev–Trinajstić information content (AvgIpc) is 2.35. The summed E-state index contributed by atoms with van der Waals surface area (Å²) < 4.78 is 9.94. The highest BCUT2D eigenvalue weighted by Crippen LogP contribution is 2.14. The standard InChI is InChI=1S/C14H17NO6/c1-14(2,3)21-13(19)15-8-11(16)20-10-6-4-9(5-7-10)12(17)18/h4-8,16H,1-3H3,(H,15,19)(H,17,18). The number of aliphatic hydroxyl groups excluding tert-OH is 1. The zero-order chi connectivity index (χ0) is 16.0. The monoisotopic (exact) mass is 295 g/mol. The largest absolute Gasteiger partial charge is 0.480 e. The van der Waals surface area contributed by atoms with Crippen LogP contribution in [0.3, 0.4) is 0 Å². The molecule has 0 bridgehead atoms. The van der Waals surface area contributed by atoms with E-state index >= 15 is 0 Å². The van der Waals surface area contributed by atoms with E-state index in [2.05, 4.69) is 5.32 Å². The van der Waals surface area contributed by atoms with Crippen molar-refractivity contribution in [1.29, 1.82) is 0 Å². The lowest BCUT2D eigenvalue weighted by Crippen LogP contribution is -2.30. The molecule has 0 radical (unpaired) electrons. The highest BCUT2D eigenvalue weighted by atomic mass is 16.6. The Balaban J connectivity index is 2.56. The number of carboxylic acid groups (broad SMARTS) is 1. The molecule has 0 atom stereocenters. The maximum Gasteiger partial charge on any atom is 0.411 e. The minimum atomic E-state index is -1.06. The fraction of sp³-hybridized carbons (Fsp3) is 0.286. The van der Waals surface area contributed by atoms with Gasteiger partial charge in [0.15, 0.2) is 0 Å². The molecule has 0 heterocycles. The topological polar surface area (TPSA) is 105 Å². The Labute approximate surface area is 121 Å². The average molecular weight is 295 g/mol. The summed E-state index contributed by atoms with van der Waals surface area (Å²) in [6.07, 6.45) is 0.193. The van der Waals surface area contributed by atoms with Gasteiger partial charge in [-0.15, -0.1) is 0 Å².